The number of urea groups is 1. The number of rotatable bonds is 7. The lowest BCUT2D eigenvalue weighted by Crippen LogP contribution is -2.52. The van der Waals surface area contributed by atoms with Crippen molar-refractivity contribution in [3.05, 3.63) is 66.2 Å². The second kappa shape index (κ2) is 10.2. The Hall–Kier alpha value is -3.55. The lowest BCUT2D eigenvalue weighted by Gasteiger charge is -2.36. The number of benzene rings is 2. The summed E-state index contributed by atoms with van der Waals surface area (Å²) in [5.41, 5.74) is 3.23. The summed E-state index contributed by atoms with van der Waals surface area (Å²) in [6.45, 7) is 5.49. The molecule has 8 heteroatoms. The van der Waals surface area contributed by atoms with Crippen LogP contribution in [0.5, 0.6) is 5.75 Å². The van der Waals surface area contributed by atoms with Crippen molar-refractivity contribution < 1.29 is 9.53 Å². The molecule has 2 aromatic carbocycles. The average molecular weight is 435 g/mol. The summed E-state index contributed by atoms with van der Waals surface area (Å²) in [4.78, 5) is 20.9. The van der Waals surface area contributed by atoms with Crippen LogP contribution in [0.15, 0.2) is 54.9 Å². The monoisotopic (exact) mass is 434 g/mol. The molecule has 1 aliphatic rings. The minimum Gasteiger partial charge on any atom is -0.494 e. The maximum atomic E-state index is 12.5. The lowest BCUT2D eigenvalue weighted by atomic mass is 10.1. The molecule has 1 saturated heterocycles. The highest BCUT2D eigenvalue weighted by Gasteiger charge is 2.22. The van der Waals surface area contributed by atoms with Gasteiger partial charge in [0.2, 0.25) is 0 Å². The number of hydrogen-bond acceptors (Lipinski definition) is 5. The molecule has 32 heavy (non-hydrogen) atoms. The molecule has 168 valence electrons. The van der Waals surface area contributed by atoms with Gasteiger partial charge in [-0.15, -0.1) is 0 Å². The van der Waals surface area contributed by atoms with Crippen LogP contribution < -0.4 is 15.0 Å². The number of carbonyl (C=O) groups is 1. The van der Waals surface area contributed by atoms with Gasteiger partial charge in [-0.1, -0.05) is 30.3 Å². The van der Waals surface area contributed by atoms with Crippen LogP contribution in [0.3, 0.4) is 0 Å². The zero-order chi connectivity index (χ0) is 22.3. The molecular formula is C24H30N6O2. The van der Waals surface area contributed by atoms with Crippen LogP contribution in [-0.4, -0.2) is 65.5 Å². The Bertz CT molecular complexity index is 1030. The van der Waals surface area contributed by atoms with Gasteiger partial charge < -0.3 is 19.9 Å². The van der Waals surface area contributed by atoms with E-state index in [1.54, 1.807) is 18.1 Å². The third-order valence-electron chi connectivity index (χ3n) is 5.71. The van der Waals surface area contributed by atoms with Crippen LogP contribution in [0.25, 0.3) is 5.69 Å². The van der Waals surface area contributed by atoms with E-state index in [0.717, 1.165) is 43.1 Å². The SMILES string of the molecule is COc1cc(N2CCN(C(=O)NCCCc3ccccc3)CC2)ccc1-n1cnc(C)n1. The molecule has 1 fully saturated rings. The van der Waals surface area contributed by atoms with E-state index in [1.807, 2.05) is 42.2 Å². The molecule has 3 aromatic rings. The fourth-order valence-corrected chi connectivity index (χ4v) is 3.93. The first-order valence-corrected chi connectivity index (χ1v) is 11.0. The molecule has 0 saturated carbocycles. The second-order valence-electron chi connectivity index (χ2n) is 7.89. The summed E-state index contributed by atoms with van der Waals surface area (Å²) in [5, 5.41) is 7.43. The molecule has 4 rings (SSSR count). The summed E-state index contributed by atoms with van der Waals surface area (Å²) in [6.07, 6.45) is 3.60. The number of anilines is 1. The molecule has 1 aromatic heterocycles. The summed E-state index contributed by atoms with van der Waals surface area (Å²) in [7, 11) is 1.66. The van der Waals surface area contributed by atoms with Crippen LogP contribution in [0.4, 0.5) is 10.5 Å². The Balaban J connectivity index is 1.27. The molecular weight excluding hydrogens is 404 g/mol. The Kier molecular flexibility index (Phi) is 6.89. The van der Waals surface area contributed by atoms with Gasteiger partial charge in [0.15, 0.2) is 0 Å². The molecule has 2 amide bonds. The maximum absolute atomic E-state index is 12.5. The van der Waals surface area contributed by atoms with E-state index in [-0.39, 0.29) is 6.03 Å². The van der Waals surface area contributed by atoms with Crippen molar-refractivity contribution in [1.29, 1.82) is 0 Å². The molecule has 0 atom stereocenters. The summed E-state index contributed by atoms with van der Waals surface area (Å²) in [6, 6.07) is 16.5. The maximum Gasteiger partial charge on any atom is 0.317 e. The largest absolute Gasteiger partial charge is 0.494 e. The van der Waals surface area contributed by atoms with Crippen molar-refractivity contribution in [3.8, 4) is 11.4 Å². The predicted molar refractivity (Wildman–Crippen MR) is 125 cm³/mol. The van der Waals surface area contributed by atoms with Gasteiger partial charge in [0.1, 0.15) is 23.6 Å². The smallest absolute Gasteiger partial charge is 0.317 e. The lowest BCUT2D eigenvalue weighted by molar-refractivity contribution is 0.194. The number of methoxy groups -OCH3 is 1. The summed E-state index contributed by atoms with van der Waals surface area (Å²) in [5.74, 6) is 1.46. The predicted octanol–water partition coefficient (Wildman–Crippen LogP) is 3.05. The molecule has 0 radical (unpaired) electrons. The van der Waals surface area contributed by atoms with Crippen molar-refractivity contribution in [2.45, 2.75) is 19.8 Å². The van der Waals surface area contributed by atoms with Gasteiger partial charge in [0.05, 0.1) is 7.11 Å². The van der Waals surface area contributed by atoms with Crippen LogP contribution in [-0.2, 0) is 6.42 Å². The zero-order valence-corrected chi connectivity index (χ0v) is 18.7. The number of carbonyl (C=O) groups excluding carboxylic acids is 1. The summed E-state index contributed by atoms with van der Waals surface area (Å²) >= 11 is 0. The molecule has 0 unspecified atom stereocenters. The van der Waals surface area contributed by atoms with E-state index in [4.69, 9.17) is 4.74 Å². The number of nitrogens with one attached hydrogen (secondary N) is 1. The fourth-order valence-electron chi connectivity index (χ4n) is 3.93. The molecule has 2 heterocycles. The van der Waals surface area contributed by atoms with Crippen LogP contribution in [0.1, 0.15) is 17.8 Å². The quantitative estimate of drug-likeness (QED) is 0.579. The number of nitrogens with zero attached hydrogens (tertiary/aromatic N) is 5. The number of hydrogen-bond donors (Lipinski definition) is 1. The molecule has 1 aliphatic heterocycles. The third-order valence-corrected chi connectivity index (χ3v) is 5.71. The molecule has 8 nitrogen and oxygen atoms in total. The third kappa shape index (κ3) is 5.19. The minimum atomic E-state index is 0.0205. The second-order valence-corrected chi connectivity index (χ2v) is 7.89. The first kappa shape index (κ1) is 21.7. The highest BCUT2D eigenvalue weighted by Crippen LogP contribution is 2.28. The topological polar surface area (TPSA) is 75.5 Å². The van der Waals surface area contributed by atoms with E-state index in [1.165, 1.54) is 5.56 Å². The van der Waals surface area contributed by atoms with E-state index >= 15 is 0 Å². The normalized spacial score (nSPS) is 13.8. The van der Waals surface area contributed by atoms with Crippen molar-refractivity contribution in [1.82, 2.24) is 25.0 Å². The highest BCUT2D eigenvalue weighted by molar-refractivity contribution is 5.74. The summed E-state index contributed by atoms with van der Waals surface area (Å²) < 4.78 is 7.32. The van der Waals surface area contributed by atoms with Gasteiger partial charge in [-0.05, 0) is 37.5 Å². The van der Waals surface area contributed by atoms with Gasteiger partial charge in [0, 0.05) is 44.5 Å². The van der Waals surface area contributed by atoms with Crippen molar-refractivity contribution in [2.24, 2.45) is 0 Å². The Morgan fingerprint density at radius 1 is 1.09 bits per heavy atom. The van der Waals surface area contributed by atoms with Crippen LogP contribution >= 0.6 is 0 Å². The number of amides is 2. The van der Waals surface area contributed by atoms with E-state index in [9.17, 15) is 4.79 Å². The number of ether oxygens (including phenoxy) is 1. The van der Waals surface area contributed by atoms with Crippen LogP contribution in [0, 0.1) is 6.92 Å². The minimum absolute atomic E-state index is 0.0205. The van der Waals surface area contributed by atoms with Crippen molar-refractivity contribution in [2.75, 3.05) is 44.7 Å². The first-order valence-electron chi connectivity index (χ1n) is 11.0. The van der Waals surface area contributed by atoms with E-state index < -0.39 is 0 Å². The van der Waals surface area contributed by atoms with Crippen molar-refractivity contribution >= 4 is 11.7 Å². The standard InChI is InChI=1S/C24H30N6O2/c1-19-26-18-30(27-19)22-11-10-21(17-23(22)32-2)28-13-15-29(16-14-28)24(31)25-12-6-9-20-7-4-3-5-8-20/h3-5,7-8,10-11,17-18H,6,9,12-16H2,1-2H3,(H,25,31). The van der Waals surface area contributed by atoms with Gasteiger partial charge in [0.25, 0.3) is 0 Å². The van der Waals surface area contributed by atoms with E-state index in [0.29, 0.717) is 25.5 Å². The number of piperazine rings is 1. The number of aromatic nitrogens is 3. The first-order chi connectivity index (χ1) is 15.6. The Morgan fingerprint density at radius 2 is 1.88 bits per heavy atom. The van der Waals surface area contributed by atoms with Crippen LogP contribution in [0.2, 0.25) is 0 Å². The average Bonchev–Trinajstić information content (AvgIpc) is 3.28. The Labute approximate surface area is 188 Å². The molecule has 0 bridgehead atoms. The fraction of sp³-hybridized carbons (Fsp3) is 0.375. The highest BCUT2D eigenvalue weighted by atomic mass is 16.5. The van der Waals surface area contributed by atoms with E-state index in [2.05, 4.69) is 38.5 Å². The van der Waals surface area contributed by atoms with Gasteiger partial charge >= 0.3 is 6.03 Å². The van der Waals surface area contributed by atoms with Crippen molar-refractivity contribution in [3.63, 3.8) is 0 Å². The molecule has 0 spiro atoms. The molecule has 1 N–H and O–H groups in total. The van der Waals surface area contributed by atoms with Gasteiger partial charge in [-0.3, -0.25) is 0 Å². The molecule has 0 aliphatic carbocycles. The number of aryl methyl sites for hydroxylation is 2. The van der Waals surface area contributed by atoms with Gasteiger partial charge in [-0.25, -0.2) is 14.5 Å². The zero-order valence-electron chi connectivity index (χ0n) is 18.7. The Morgan fingerprint density at radius 3 is 2.56 bits per heavy atom. The van der Waals surface area contributed by atoms with Gasteiger partial charge in [-0.2, -0.15) is 5.10 Å².